The second kappa shape index (κ2) is 11.4. The zero-order valence-electron chi connectivity index (χ0n) is 21.6. The van der Waals surface area contributed by atoms with E-state index < -0.39 is 0 Å². The van der Waals surface area contributed by atoms with Crippen LogP contribution in [-0.4, -0.2) is 36.8 Å². The van der Waals surface area contributed by atoms with E-state index in [0.29, 0.717) is 33.1 Å². The summed E-state index contributed by atoms with van der Waals surface area (Å²) in [4.78, 5) is 18.9. The van der Waals surface area contributed by atoms with Gasteiger partial charge in [0.05, 0.1) is 24.5 Å². The van der Waals surface area contributed by atoms with E-state index >= 15 is 0 Å². The Morgan fingerprint density at radius 1 is 1.15 bits per heavy atom. The molecule has 2 atom stereocenters. The van der Waals surface area contributed by atoms with Crippen molar-refractivity contribution >= 4 is 46.2 Å². The van der Waals surface area contributed by atoms with Gasteiger partial charge in [0.1, 0.15) is 29.9 Å². The number of halogens is 1. The van der Waals surface area contributed by atoms with Gasteiger partial charge in [0.15, 0.2) is 5.11 Å². The maximum absolute atomic E-state index is 12.3. The Kier molecular flexibility index (Phi) is 7.83. The lowest BCUT2D eigenvalue weighted by Gasteiger charge is -2.27. The number of furan rings is 1. The summed E-state index contributed by atoms with van der Waals surface area (Å²) >= 11 is 12.2. The fourth-order valence-electron chi connectivity index (χ4n) is 4.71. The lowest BCUT2D eigenvalue weighted by Crippen LogP contribution is -2.29. The molecule has 0 saturated carbocycles. The van der Waals surface area contributed by atoms with Crippen LogP contribution in [0.25, 0.3) is 11.3 Å². The molecule has 1 fully saturated rings. The Balaban J connectivity index is 1.59. The molecular formula is C29H27ClN4O4S. The quantitative estimate of drug-likeness (QED) is 0.250. The van der Waals surface area contributed by atoms with Crippen molar-refractivity contribution in [3.63, 3.8) is 0 Å². The van der Waals surface area contributed by atoms with Crippen LogP contribution in [0.1, 0.15) is 29.1 Å². The van der Waals surface area contributed by atoms with E-state index in [1.54, 1.807) is 19.4 Å². The Morgan fingerprint density at radius 2 is 2.00 bits per heavy atom. The number of carbonyl (C=O) groups is 1. The molecule has 0 unspecified atom stereocenters. The minimum absolute atomic E-state index is 0.0838. The number of thiocarbonyl (C=S) groups is 1. The highest BCUT2D eigenvalue weighted by molar-refractivity contribution is 7.80. The van der Waals surface area contributed by atoms with Gasteiger partial charge in [-0.05, 0) is 73.2 Å². The number of amides is 1. The van der Waals surface area contributed by atoms with Gasteiger partial charge in [0, 0.05) is 29.6 Å². The fraction of sp³-hybridized carbons (Fsp3) is 0.207. The normalized spacial score (nSPS) is 16.7. The lowest BCUT2D eigenvalue weighted by atomic mass is 10.0. The van der Waals surface area contributed by atoms with Crippen LogP contribution in [0.2, 0.25) is 5.02 Å². The summed E-state index contributed by atoms with van der Waals surface area (Å²) in [7, 11) is 3.01. The van der Waals surface area contributed by atoms with Gasteiger partial charge in [0.2, 0.25) is 5.91 Å². The predicted molar refractivity (Wildman–Crippen MR) is 155 cm³/mol. The van der Waals surface area contributed by atoms with Crippen LogP contribution in [0.3, 0.4) is 0 Å². The maximum atomic E-state index is 12.3. The molecule has 5 rings (SSSR count). The Hall–Kier alpha value is -3.92. The smallest absolute Gasteiger partial charge is 0.250 e. The van der Waals surface area contributed by atoms with Crippen molar-refractivity contribution in [2.75, 3.05) is 31.0 Å². The van der Waals surface area contributed by atoms with Gasteiger partial charge in [-0.3, -0.25) is 9.78 Å². The van der Waals surface area contributed by atoms with Crippen molar-refractivity contribution < 1.29 is 18.7 Å². The SMILES string of the molecule is COCC(=O)Nc1cc(N2C(=S)N[C@@H](c3ccccn3)[C@H]2c2ccc(-c3cccc(Cl)c3C)o2)ccc1OC. The van der Waals surface area contributed by atoms with E-state index in [1.165, 1.54) is 7.11 Å². The van der Waals surface area contributed by atoms with Gasteiger partial charge in [-0.15, -0.1) is 0 Å². The Labute approximate surface area is 236 Å². The first-order valence-corrected chi connectivity index (χ1v) is 13.0. The summed E-state index contributed by atoms with van der Waals surface area (Å²) in [6.45, 7) is 1.88. The topological polar surface area (TPSA) is 88.9 Å². The van der Waals surface area contributed by atoms with Crippen molar-refractivity contribution in [2.24, 2.45) is 0 Å². The predicted octanol–water partition coefficient (Wildman–Crippen LogP) is 6.07. The van der Waals surface area contributed by atoms with E-state index in [1.807, 2.05) is 72.5 Å². The van der Waals surface area contributed by atoms with Gasteiger partial charge >= 0.3 is 0 Å². The number of rotatable bonds is 8. The molecule has 3 heterocycles. The van der Waals surface area contributed by atoms with Gasteiger partial charge in [0.25, 0.3) is 0 Å². The van der Waals surface area contributed by atoms with Crippen LogP contribution in [0, 0.1) is 6.92 Å². The summed E-state index contributed by atoms with van der Waals surface area (Å²) < 4.78 is 16.9. The molecule has 8 nitrogen and oxygen atoms in total. The van der Waals surface area contributed by atoms with Crippen LogP contribution >= 0.6 is 23.8 Å². The molecule has 39 heavy (non-hydrogen) atoms. The molecule has 1 saturated heterocycles. The molecule has 0 aliphatic carbocycles. The zero-order valence-corrected chi connectivity index (χ0v) is 23.2. The number of anilines is 2. The van der Waals surface area contributed by atoms with Gasteiger partial charge < -0.3 is 29.4 Å². The Bertz CT molecular complexity index is 1510. The third kappa shape index (κ3) is 5.34. The number of hydrogen-bond donors (Lipinski definition) is 2. The number of methoxy groups -OCH3 is 2. The largest absolute Gasteiger partial charge is 0.495 e. The summed E-state index contributed by atoms with van der Waals surface area (Å²) in [6, 6.07) is 20.2. The van der Waals surface area contributed by atoms with Gasteiger partial charge in [-0.1, -0.05) is 29.8 Å². The second-order valence-electron chi connectivity index (χ2n) is 8.98. The number of aromatic nitrogens is 1. The van der Waals surface area contributed by atoms with Crippen LogP contribution in [0.4, 0.5) is 11.4 Å². The highest BCUT2D eigenvalue weighted by atomic mass is 35.5. The summed E-state index contributed by atoms with van der Waals surface area (Å²) in [5.74, 6) is 1.60. The van der Waals surface area contributed by atoms with Crippen LogP contribution < -0.4 is 20.3 Å². The molecule has 200 valence electrons. The number of nitrogens with one attached hydrogen (secondary N) is 2. The number of hydrogen-bond acceptors (Lipinski definition) is 6. The van der Waals surface area contributed by atoms with E-state index in [0.717, 1.165) is 22.5 Å². The first kappa shape index (κ1) is 26.7. The third-order valence-electron chi connectivity index (χ3n) is 6.56. The minimum Gasteiger partial charge on any atom is -0.495 e. The first-order valence-electron chi connectivity index (χ1n) is 12.2. The van der Waals surface area contributed by atoms with E-state index in [2.05, 4.69) is 15.6 Å². The number of nitrogens with zero attached hydrogens (tertiary/aromatic N) is 2. The van der Waals surface area contributed by atoms with E-state index in [-0.39, 0.29) is 24.6 Å². The van der Waals surface area contributed by atoms with Gasteiger partial charge in [-0.2, -0.15) is 0 Å². The van der Waals surface area contributed by atoms with E-state index in [4.69, 9.17) is 37.7 Å². The standard InChI is InChI=1S/C29H27ClN4O4S/c1-17-19(7-6-8-20(17)30)23-12-13-25(38-23)28-27(21-9-4-5-14-31-21)33-29(39)34(28)18-10-11-24(37-3)22(15-18)32-26(35)16-36-2/h4-15,27-28H,16H2,1-3H3,(H,32,35)(H,33,39)/t27-,28+/m0/s1. The third-order valence-corrected chi connectivity index (χ3v) is 7.28. The molecule has 0 bridgehead atoms. The minimum atomic E-state index is -0.378. The average molecular weight is 563 g/mol. The summed E-state index contributed by atoms with van der Waals surface area (Å²) in [5.41, 5.74) is 3.89. The number of ether oxygens (including phenoxy) is 2. The molecule has 0 radical (unpaired) electrons. The monoisotopic (exact) mass is 562 g/mol. The molecule has 2 N–H and O–H groups in total. The lowest BCUT2D eigenvalue weighted by molar-refractivity contribution is -0.119. The molecule has 1 aliphatic heterocycles. The first-order chi connectivity index (χ1) is 18.9. The summed E-state index contributed by atoms with van der Waals surface area (Å²) in [5, 5.41) is 7.43. The molecule has 4 aromatic rings. The number of pyridine rings is 1. The molecule has 0 spiro atoms. The van der Waals surface area contributed by atoms with E-state index in [9.17, 15) is 4.79 Å². The van der Waals surface area contributed by atoms with Crippen molar-refractivity contribution in [3.8, 4) is 17.1 Å². The number of carbonyl (C=O) groups excluding carboxylic acids is 1. The molecular weight excluding hydrogens is 536 g/mol. The van der Waals surface area contributed by atoms with Crippen molar-refractivity contribution in [3.05, 3.63) is 95.0 Å². The number of benzene rings is 2. The van der Waals surface area contributed by atoms with Gasteiger partial charge in [-0.25, -0.2) is 0 Å². The highest BCUT2D eigenvalue weighted by Gasteiger charge is 2.43. The molecule has 10 heteroatoms. The molecule has 1 amide bonds. The van der Waals surface area contributed by atoms with Crippen LogP contribution in [-0.2, 0) is 9.53 Å². The van der Waals surface area contributed by atoms with Crippen LogP contribution in [0.15, 0.2) is 77.3 Å². The van der Waals surface area contributed by atoms with Crippen LogP contribution in [0.5, 0.6) is 5.75 Å². The Morgan fingerprint density at radius 3 is 2.74 bits per heavy atom. The fourth-order valence-corrected chi connectivity index (χ4v) is 5.23. The molecule has 1 aliphatic rings. The van der Waals surface area contributed by atoms with Crippen molar-refractivity contribution in [1.29, 1.82) is 0 Å². The molecule has 2 aromatic carbocycles. The molecule has 2 aromatic heterocycles. The van der Waals surface area contributed by atoms with Crippen molar-refractivity contribution in [1.82, 2.24) is 10.3 Å². The average Bonchev–Trinajstić information content (AvgIpc) is 3.55. The highest BCUT2D eigenvalue weighted by Crippen LogP contribution is 2.44. The maximum Gasteiger partial charge on any atom is 0.250 e. The zero-order chi connectivity index (χ0) is 27.5. The summed E-state index contributed by atoms with van der Waals surface area (Å²) in [6.07, 6.45) is 1.75. The van der Waals surface area contributed by atoms with Crippen molar-refractivity contribution in [2.45, 2.75) is 19.0 Å². The second-order valence-corrected chi connectivity index (χ2v) is 9.77.